The van der Waals surface area contributed by atoms with Crippen molar-refractivity contribution in [3.05, 3.63) is 106 Å². The molecule has 3 heterocycles. The van der Waals surface area contributed by atoms with Crippen molar-refractivity contribution in [1.82, 2.24) is 14.8 Å². The Morgan fingerprint density at radius 3 is 2.20 bits per heavy atom. The van der Waals surface area contributed by atoms with E-state index in [4.69, 9.17) is 16.3 Å². The first kappa shape index (κ1) is 21.1. The fourth-order valence-electron chi connectivity index (χ4n) is 4.28. The Bertz CT molecular complexity index is 1470. The number of benzene rings is 3. The van der Waals surface area contributed by atoms with Crippen molar-refractivity contribution in [2.45, 2.75) is 6.04 Å². The number of carbonyl (C=O) groups is 2. The quantitative estimate of drug-likeness (QED) is 0.419. The molecule has 0 radical (unpaired) electrons. The number of hydrogen-bond donors (Lipinski definition) is 1. The van der Waals surface area contributed by atoms with Crippen LogP contribution in [0.2, 0.25) is 5.02 Å². The average molecular weight is 484 g/mol. The molecule has 2 aliphatic heterocycles. The van der Waals surface area contributed by atoms with Crippen molar-refractivity contribution in [3.8, 4) is 5.75 Å². The van der Waals surface area contributed by atoms with Gasteiger partial charge in [0.25, 0.3) is 17.8 Å². The van der Waals surface area contributed by atoms with Crippen LogP contribution >= 0.6 is 11.6 Å². The minimum absolute atomic E-state index is 0.0166. The summed E-state index contributed by atoms with van der Waals surface area (Å²) < 4.78 is 6.96. The molecule has 2 aliphatic rings. The first-order valence-electron chi connectivity index (χ1n) is 10.9. The number of nitrogens with zero attached hydrogens (tertiary/aromatic N) is 4. The number of fused-ring (bicyclic) bond motifs is 2. The monoisotopic (exact) mass is 483 g/mol. The molecule has 35 heavy (non-hydrogen) atoms. The number of carbonyl (C=O) groups excluding carboxylic acids is 2. The zero-order valence-corrected chi connectivity index (χ0v) is 19.2. The van der Waals surface area contributed by atoms with Crippen molar-refractivity contribution in [3.63, 3.8) is 0 Å². The molecule has 1 N–H and O–H groups in total. The standard InChI is InChI=1S/C26H18ClN5O3/c1-35-18-12-8-16(9-13-18)22-14-21(15-6-10-17(27)11-7-15)28-25-29-26(30-32(22)25)31-23(33)19-4-2-3-5-20(19)24(31)34/h2-14,22H,1H3,(H,28,29,30)/t22-/m0/s1. The van der Waals surface area contributed by atoms with Crippen LogP contribution in [-0.4, -0.2) is 33.7 Å². The maximum absolute atomic E-state index is 13.0. The number of halogens is 1. The number of imide groups is 1. The first-order chi connectivity index (χ1) is 17.0. The molecule has 6 rings (SSSR count). The van der Waals surface area contributed by atoms with Gasteiger partial charge in [-0.25, -0.2) is 9.58 Å². The van der Waals surface area contributed by atoms with Gasteiger partial charge in [-0.15, -0.1) is 5.10 Å². The lowest BCUT2D eigenvalue weighted by atomic mass is 10.0. The molecule has 0 saturated carbocycles. The minimum atomic E-state index is -0.444. The zero-order chi connectivity index (χ0) is 24.1. The van der Waals surface area contributed by atoms with Gasteiger partial charge in [-0.3, -0.25) is 9.59 Å². The van der Waals surface area contributed by atoms with Gasteiger partial charge in [0, 0.05) is 10.7 Å². The SMILES string of the molecule is COc1ccc([C@@H]2C=C(c3ccc(Cl)cc3)Nc3nc(N4C(=O)c5ccccc5C4=O)nn32)cc1. The summed E-state index contributed by atoms with van der Waals surface area (Å²) in [6.07, 6.45) is 2.01. The highest BCUT2D eigenvalue weighted by atomic mass is 35.5. The van der Waals surface area contributed by atoms with E-state index in [1.54, 1.807) is 36.1 Å². The molecule has 0 bridgehead atoms. The summed E-state index contributed by atoms with van der Waals surface area (Å²) in [5.41, 5.74) is 3.31. The van der Waals surface area contributed by atoms with E-state index in [1.807, 2.05) is 54.6 Å². The lowest BCUT2D eigenvalue weighted by Gasteiger charge is -2.24. The Hall–Kier alpha value is -4.43. The van der Waals surface area contributed by atoms with Crippen LogP contribution in [0.1, 0.15) is 37.9 Å². The molecule has 0 unspecified atom stereocenters. The smallest absolute Gasteiger partial charge is 0.268 e. The van der Waals surface area contributed by atoms with Gasteiger partial charge < -0.3 is 10.1 Å². The largest absolute Gasteiger partial charge is 0.497 e. The second kappa shape index (κ2) is 8.11. The third-order valence-corrected chi connectivity index (χ3v) is 6.31. The number of ether oxygens (including phenoxy) is 1. The van der Waals surface area contributed by atoms with E-state index in [-0.39, 0.29) is 12.0 Å². The maximum atomic E-state index is 13.0. The molecule has 2 amide bonds. The number of allylic oxidation sites excluding steroid dienone is 1. The lowest BCUT2D eigenvalue weighted by Crippen LogP contribution is -2.30. The van der Waals surface area contributed by atoms with E-state index in [2.05, 4.69) is 15.4 Å². The Labute approximate surface area is 205 Å². The number of anilines is 2. The molecule has 3 aromatic carbocycles. The Morgan fingerprint density at radius 2 is 1.57 bits per heavy atom. The van der Waals surface area contributed by atoms with Crippen molar-refractivity contribution < 1.29 is 14.3 Å². The predicted molar refractivity (Wildman–Crippen MR) is 132 cm³/mol. The van der Waals surface area contributed by atoms with E-state index in [0.29, 0.717) is 22.1 Å². The molecule has 1 atom stereocenters. The van der Waals surface area contributed by atoms with Gasteiger partial charge >= 0.3 is 0 Å². The van der Waals surface area contributed by atoms with Gasteiger partial charge in [-0.2, -0.15) is 4.98 Å². The number of amides is 2. The van der Waals surface area contributed by atoms with Gasteiger partial charge in [0.2, 0.25) is 5.95 Å². The number of hydrogen-bond acceptors (Lipinski definition) is 6. The summed E-state index contributed by atoms with van der Waals surface area (Å²) in [4.78, 5) is 31.6. The first-order valence-corrected chi connectivity index (χ1v) is 11.2. The molecule has 172 valence electrons. The molecule has 9 heteroatoms. The lowest BCUT2D eigenvalue weighted by molar-refractivity contribution is 0.0923. The molecule has 0 saturated heterocycles. The van der Waals surface area contributed by atoms with Crippen LogP contribution < -0.4 is 15.0 Å². The number of methoxy groups -OCH3 is 1. The van der Waals surface area contributed by atoms with Crippen molar-refractivity contribution in [2.75, 3.05) is 17.3 Å². The second-order valence-corrected chi connectivity index (χ2v) is 8.54. The van der Waals surface area contributed by atoms with E-state index in [0.717, 1.165) is 27.5 Å². The molecule has 8 nitrogen and oxygen atoms in total. The normalized spacial score (nSPS) is 16.5. The average Bonchev–Trinajstić information content (AvgIpc) is 3.42. The Kier molecular flexibility index (Phi) is 4.89. The van der Waals surface area contributed by atoms with Crippen molar-refractivity contribution in [1.29, 1.82) is 0 Å². The molecule has 0 aliphatic carbocycles. The summed E-state index contributed by atoms with van der Waals surface area (Å²) in [6.45, 7) is 0. The molecule has 4 aromatic rings. The van der Waals surface area contributed by atoms with Gasteiger partial charge in [-0.05, 0) is 53.6 Å². The molecule has 0 spiro atoms. The fourth-order valence-corrected chi connectivity index (χ4v) is 4.41. The van der Waals surface area contributed by atoms with E-state index < -0.39 is 11.8 Å². The topological polar surface area (TPSA) is 89.3 Å². The van der Waals surface area contributed by atoms with Crippen LogP contribution in [0.4, 0.5) is 11.9 Å². The molecule has 1 aromatic heterocycles. The third-order valence-electron chi connectivity index (χ3n) is 6.06. The summed E-state index contributed by atoms with van der Waals surface area (Å²) >= 11 is 6.08. The second-order valence-electron chi connectivity index (χ2n) is 8.10. The van der Waals surface area contributed by atoms with Crippen LogP contribution in [0.3, 0.4) is 0 Å². The van der Waals surface area contributed by atoms with E-state index in [9.17, 15) is 9.59 Å². The van der Waals surface area contributed by atoms with Gasteiger partial charge in [0.05, 0.1) is 18.2 Å². The summed E-state index contributed by atoms with van der Waals surface area (Å²) in [5.74, 6) is 0.267. The van der Waals surface area contributed by atoms with E-state index >= 15 is 0 Å². The maximum Gasteiger partial charge on any atom is 0.268 e. The fraction of sp³-hybridized carbons (Fsp3) is 0.0769. The van der Waals surface area contributed by atoms with Crippen molar-refractivity contribution >= 4 is 41.0 Å². The van der Waals surface area contributed by atoms with Gasteiger partial charge in [0.15, 0.2) is 0 Å². The summed E-state index contributed by atoms with van der Waals surface area (Å²) in [6, 6.07) is 21.4. The Morgan fingerprint density at radius 1 is 0.914 bits per heavy atom. The third kappa shape index (κ3) is 3.46. The van der Waals surface area contributed by atoms with Crippen LogP contribution in [-0.2, 0) is 0 Å². The Balaban J connectivity index is 1.44. The van der Waals surface area contributed by atoms with Crippen LogP contribution in [0.5, 0.6) is 5.75 Å². The number of aromatic nitrogens is 3. The summed E-state index contributed by atoms with van der Waals surface area (Å²) in [7, 11) is 1.61. The summed E-state index contributed by atoms with van der Waals surface area (Å²) in [5, 5.41) is 8.51. The highest BCUT2D eigenvalue weighted by molar-refractivity contribution is 6.33. The van der Waals surface area contributed by atoms with Gasteiger partial charge in [-0.1, -0.05) is 48.0 Å². The van der Waals surface area contributed by atoms with Crippen LogP contribution in [0.25, 0.3) is 5.70 Å². The molecular weight excluding hydrogens is 466 g/mol. The molecule has 0 fully saturated rings. The van der Waals surface area contributed by atoms with Crippen molar-refractivity contribution in [2.24, 2.45) is 0 Å². The highest BCUT2D eigenvalue weighted by Crippen LogP contribution is 2.36. The van der Waals surface area contributed by atoms with Crippen LogP contribution in [0, 0.1) is 0 Å². The van der Waals surface area contributed by atoms with Gasteiger partial charge in [0.1, 0.15) is 11.8 Å². The highest BCUT2D eigenvalue weighted by Gasteiger charge is 2.40. The van der Waals surface area contributed by atoms with Crippen LogP contribution in [0.15, 0.2) is 78.9 Å². The predicted octanol–water partition coefficient (Wildman–Crippen LogP) is 4.80. The minimum Gasteiger partial charge on any atom is -0.497 e. The molecular formula is C26H18ClN5O3. The van der Waals surface area contributed by atoms with E-state index in [1.165, 1.54) is 0 Å². The number of rotatable bonds is 4. The zero-order valence-electron chi connectivity index (χ0n) is 18.5. The number of nitrogens with one attached hydrogen (secondary N) is 1.